The highest BCUT2D eigenvalue weighted by Gasteiger charge is 2.17. The number of hydrogen-bond donors (Lipinski definition) is 1. The Morgan fingerprint density at radius 3 is 2.62 bits per heavy atom. The molecule has 2 atom stereocenters. The topological polar surface area (TPSA) is 29.3 Å². The van der Waals surface area contributed by atoms with Gasteiger partial charge < -0.3 is 10.6 Å². The molecule has 1 aliphatic heterocycles. The van der Waals surface area contributed by atoms with Gasteiger partial charge in [-0.1, -0.05) is 27.2 Å². The van der Waals surface area contributed by atoms with Gasteiger partial charge in [0.1, 0.15) is 0 Å². The van der Waals surface area contributed by atoms with E-state index in [0.29, 0.717) is 6.04 Å². The van der Waals surface area contributed by atoms with Gasteiger partial charge in [-0.2, -0.15) is 0 Å². The van der Waals surface area contributed by atoms with E-state index in [4.69, 9.17) is 5.73 Å². The average molecular weight is 226 g/mol. The molecule has 0 amide bonds. The number of likely N-dealkylation sites (tertiary alicyclic amines) is 1. The van der Waals surface area contributed by atoms with E-state index >= 15 is 0 Å². The van der Waals surface area contributed by atoms with Crippen LogP contribution in [0.15, 0.2) is 0 Å². The third-order valence-electron chi connectivity index (χ3n) is 3.78. The van der Waals surface area contributed by atoms with E-state index in [1.54, 1.807) is 0 Å². The van der Waals surface area contributed by atoms with Crippen LogP contribution in [0.2, 0.25) is 0 Å². The summed E-state index contributed by atoms with van der Waals surface area (Å²) in [6.07, 6.45) is 6.68. The largest absolute Gasteiger partial charge is 0.327 e. The first-order chi connectivity index (χ1) is 7.61. The van der Waals surface area contributed by atoms with Crippen LogP contribution in [-0.4, -0.2) is 30.6 Å². The molecule has 1 aliphatic rings. The van der Waals surface area contributed by atoms with Gasteiger partial charge in [-0.25, -0.2) is 0 Å². The van der Waals surface area contributed by atoms with Crippen LogP contribution in [0.4, 0.5) is 0 Å². The molecule has 0 radical (unpaired) electrons. The van der Waals surface area contributed by atoms with E-state index in [2.05, 4.69) is 25.7 Å². The summed E-state index contributed by atoms with van der Waals surface area (Å²) < 4.78 is 0. The molecule has 1 saturated heterocycles. The fourth-order valence-electron chi connectivity index (χ4n) is 2.83. The van der Waals surface area contributed by atoms with E-state index in [-0.39, 0.29) is 0 Å². The summed E-state index contributed by atoms with van der Waals surface area (Å²) in [4.78, 5) is 2.59. The van der Waals surface area contributed by atoms with Crippen molar-refractivity contribution in [2.75, 3.05) is 19.6 Å². The van der Waals surface area contributed by atoms with Gasteiger partial charge >= 0.3 is 0 Å². The van der Waals surface area contributed by atoms with Crippen molar-refractivity contribution in [2.24, 2.45) is 17.6 Å². The van der Waals surface area contributed by atoms with Crippen LogP contribution in [0.3, 0.4) is 0 Å². The second-order valence-corrected chi connectivity index (χ2v) is 5.90. The van der Waals surface area contributed by atoms with Gasteiger partial charge in [0.05, 0.1) is 0 Å². The molecule has 16 heavy (non-hydrogen) atoms. The molecular formula is C14H30N2. The highest BCUT2D eigenvalue weighted by atomic mass is 15.1. The lowest BCUT2D eigenvalue weighted by atomic mass is 9.98. The Kier molecular flexibility index (Phi) is 6.37. The standard InChI is InChI=1S/C14H30N2/c1-4-13-6-5-8-16(9-7-13)11-14(15)10-12(2)3/h12-14H,4-11,15H2,1-3H3. The number of nitrogens with two attached hydrogens (primary N) is 1. The van der Waals surface area contributed by atoms with E-state index in [9.17, 15) is 0 Å². The summed E-state index contributed by atoms with van der Waals surface area (Å²) in [5.74, 6) is 1.69. The third-order valence-corrected chi connectivity index (χ3v) is 3.78. The van der Waals surface area contributed by atoms with Crippen molar-refractivity contribution in [1.82, 2.24) is 4.90 Å². The SMILES string of the molecule is CCC1CCCN(CC(N)CC(C)C)CC1. The monoisotopic (exact) mass is 226 g/mol. The van der Waals surface area contributed by atoms with Gasteiger partial charge in [-0.05, 0) is 50.6 Å². The van der Waals surface area contributed by atoms with Crippen LogP contribution in [0, 0.1) is 11.8 Å². The lowest BCUT2D eigenvalue weighted by Gasteiger charge is -2.25. The molecule has 1 heterocycles. The van der Waals surface area contributed by atoms with Crippen LogP contribution in [-0.2, 0) is 0 Å². The summed E-state index contributed by atoms with van der Waals surface area (Å²) in [6, 6.07) is 0.373. The van der Waals surface area contributed by atoms with Crippen LogP contribution in [0.1, 0.15) is 52.9 Å². The number of rotatable bonds is 5. The maximum Gasteiger partial charge on any atom is 0.0170 e. The molecule has 0 saturated carbocycles. The first-order valence-electron chi connectivity index (χ1n) is 7.09. The highest BCUT2D eigenvalue weighted by Crippen LogP contribution is 2.20. The zero-order valence-corrected chi connectivity index (χ0v) is 11.4. The molecule has 1 rings (SSSR count). The van der Waals surface area contributed by atoms with Crippen molar-refractivity contribution in [2.45, 2.75) is 58.9 Å². The van der Waals surface area contributed by atoms with Gasteiger partial charge in [0.2, 0.25) is 0 Å². The van der Waals surface area contributed by atoms with Gasteiger partial charge in [0.15, 0.2) is 0 Å². The van der Waals surface area contributed by atoms with Crippen LogP contribution in [0.25, 0.3) is 0 Å². The second kappa shape index (κ2) is 7.29. The van der Waals surface area contributed by atoms with Crippen LogP contribution in [0.5, 0.6) is 0 Å². The minimum Gasteiger partial charge on any atom is -0.327 e. The van der Waals surface area contributed by atoms with Crippen molar-refractivity contribution in [1.29, 1.82) is 0 Å². The van der Waals surface area contributed by atoms with Gasteiger partial charge in [-0.15, -0.1) is 0 Å². The Morgan fingerprint density at radius 2 is 2.00 bits per heavy atom. The third kappa shape index (κ3) is 5.31. The molecule has 96 valence electrons. The minimum absolute atomic E-state index is 0.373. The van der Waals surface area contributed by atoms with E-state index in [1.165, 1.54) is 38.8 Å². The summed E-state index contributed by atoms with van der Waals surface area (Å²) in [5, 5.41) is 0. The lowest BCUT2D eigenvalue weighted by molar-refractivity contribution is 0.251. The molecule has 1 fully saturated rings. The van der Waals surface area contributed by atoms with Crippen molar-refractivity contribution < 1.29 is 0 Å². The van der Waals surface area contributed by atoms with Gasteiger partial charge in [0, 0.05) is 12.6 Å². The van der Waals surface area contributed by atoms with E-state index in [0.717, 1.165) is 24.8 Å². The van der Waals surface area contributed by atoms with Crippen molar-refractivity contribution in [3.8, 4) is 0 Å². The van der Waals surface area contributed by atoms with Crippen molar-refractivity contribution in [3.63, 3.8) is 0 Å². The zero-order valence-electron chi connectivity index (χ0n) is 11.4. The maximum atomic E-state index is 6.18. The molecule has 2 nitrogen and oxygen atoms in total. The van der Waals surface area contributed by atoms with E-state index < -0.39 is 0 Å². The molecule has 0 spiro atoms. The minimum atomic E-state index is 0.373. The van der Waals surface area contributed by atoms with Crippen molar-refractivity contribution >= 4 is 0 Å². The predicted octanol–water partition coefficient (Wildman–Crippen LogP) is 2.87. The maximum absolute atomic E-state index is 6.18. The number of nitrogens with zero attached hydrogens (tertiary/aromatic N) is 1. The molecule has 2 unspecified atom stereocenters. The predicted molar refractivity (Wildman–Crippen MR) is 71.5 cm³/mol. The summed E-state index contributed by atoms with van der Waals surface area (Å²) >= 11 is 0. The fraction of sp³-hybridized carbons (Fsp3) is 1.00. The van der Waals surface area contributed by atoms with Crippen LogP contribution >= 0.6 is 0 Å². The molecular weight excluding hydrogens is 196 g/mol. The first kappa shape index (κ1) is 14.0. The Labute approximate surface area is 102 Å². The lowest BCUT2D eigenvalue weighted by Crippen LogP contribution is -2.38. The molecule has 2 N–H and O–H groups in total. The Balaban J connectivity index is 2.26. The Hall–Kier alpha value is -0.0800. The number of hydrogen-bond acceptors (Lipinski definition) is 2. The first-order valence-corrected chi connectivity index (χ1v) is 7.09. The van der Waals surface area contributed by atoms with Gasteiger partial charge in [-0.3, -0.25) is 0 Å². The summed E-state index contributed by atoms with van der Waals surface area (Å²) in [6.45, 7) is 10.5. The highest BCUT2D eigenvalue weighted by molar-refractivity contribution is 4.74. The summed E-state index contributed by atoms with van der Waals surface area (Å²) in [7, 11) is 0. The second-order valence-electron chi connectivity index (χ2n) is 5.90. The average Bonchev–Trinajstić information content (AvgIpc) is 2.41. The molecule has 2 heteroatoms. The molecule has 0 bridgehead atoms. The Bertz CT molecular complexity index is 180. The summed E-state index contributed by atoms with van der Waals surface area (Å²) in [5.41, 5.74) is 6.18. The van der Waals surface area contributed by atoms with E-state index in [1.807, 2.05) is 0 Å². The molecule has 0 aromatic heterocycles. The normalized spacial score (nSPS) is 25.7. The van der Waals surface area contributed by atoms with Crippen LogP contribution < -0.4 is 5.73 Å². The Morgan fingerprint density at radius 1 is 1.25 bits per heavy atom. The quantitative estimate of drug-likeness (QED) is 0.781. The van der Waals surface area contributed by atoms with Gasteiger partial charge in [0.25, 0.3) is 0 Å². The smallest absolute Gasteiger partial charge is 0.0170 e. The molecule has 0 aromatic carbocycles. The molecule has 0 aromatic rings. The molecule has 0 aliphatic carbocycles. The van der Waals surface area contributed by atoms with Crippen molar-refractivity contribution in [3.05, 3.63) is 0 Å². The zero-order chi connectivity index (χ0) is 12.0. The fourth-order valence-corrected chi connectivity index (χ4v) is 2.83.